The van der Waals surface area contributed by atoms with Crippen molar-refractivity contribution in [3.05, 3.63) is 71.0 Å². The maximum Gasteiger partial charge on any atom is 0.308 e. The number of halogens is 3. The lowest BCUT2D eigenvalue weighted by molar-refractivity contribution is 0.0482. The van der Waals surface area contributed by atoms with Crippen LogP contribution in [0.3, 0.4) is 0 Å². The van der Waals surface area contributed by atoms with Gasteiger partial charge in [0.15, 0.2) is 0 Å². The molecule has 2 aromatic rings. The minimum Gasteiger partial charge on any atom is -0.254 e. The van der Waals surface area contributed by atoms with Crippen molar-refractivity contribution < 1.29 is 8.78 Å². The largest absolute Gasteiger partial charge is 0.308 e. The molecule has 0 bridgehead atoms. The molecule has 1 aromatic heterocycles. The number of rotatable bonds is 3. The molecule has 0 aliphatic carbocycles. The molecule has 0 saturated carbocycles. The second-order valence-corrected chi connectivity index (χ2v) is 4.16. The molecular formula is C14H10ClF2N. The van der Waals surface area contributed by atoms with Gasteiger partial charge in [-0.2, -0.15) is 8.78 Å². The van der Waals surface area contributed by atoms with Crippen molar-refractivity contribution in [3.8, 4) is 0 Å². The van der Waals surface area contributed by atoms with Crippen LogP contribution in [0.2, 0.25) is 5.02 Å². The fraction of sp³-hybridized carbons (Fsp3) is 0.0714. The third-order valence-corrected chi connectivity index (χ3v) is 2.58. The smallest absolute Gasteiger partial charge is 0.254 e. The highest BCUT2D eigenvalue weighted by Crippen LogP contribution is 2.29. The molecule has 0 radical (unpaired) electrons. The lowest BCUT2D eigenvalue weighted by atomic mass is 10.1. The second-order valence-electron chi connectivity index (χ2n) is 3.73. The van der Waals surface area contributed by atoms with Crippen LogP contribution in [-0.2, 0) is 5.92 Å². The highest BCUT2D eigenvalue weighted by atomic mass is 35.5. The summed E-state index contributed by atoms with van der Waals surface area (Å²) in [7, 11) is 0. The van der Waals surface area contributed by atoms with Crippen molar-refractivity contribution in [3.63, 3.8) is 0 Å². The average molecular weight is 266 g/mol. The summed E-state index contributed by atoms with van der Waals surface area (Å²) >= 11 is 5.67. The van der Waals surface area contributed by atoms with Gasteiger partial charge < -0.3 is 0 Å². The predicted octanol–water partition coefficient (Wildman–Crippen LogP) is 4.54. The van der Waals surface area contributed by atoms with Crippen LogP contribution in [0.1, 0.15) is 11.3 Å². The van der Waals surface area contributed by atoms with Gasteiger partial charge in [-0.15, -0.1) is 0 Å². The molecule has 0 amide bonds. The van der Waals surface area contributed by atoms with E-state index in [0.29, 0.717) is 5.56 Å². The van der Waals surface area contributed by atoms with E-state index in [1.807, 2.05) is 6.07 Å². The average Bonchev–Trinajstić information content (AvgIpc) is 2.38. The molecule has 2 rings (SSSR count). The summed E-state index contributed by atoms with van der Waals surface area (Å²) in [6.45, 7) is 0. The van der Waals surface area contributed by atoms with E-state index in [1.165, 1.54) is 18.3 Å². The Bertz CT molecular complexity index is 553. The van der Waals surface area contributed by atoms with E-state index in [4.69, 9.17) is 11.6 Å². The molecule has 0 N–H and O–H groups in total. The summed E-state index contributed by atoms with van der Waals surface area (Å²) in [5.41, 5.74) is 0.349. The standard InChI is InChI=1S/C14H10ClF2N/c15-12-7-9-18-13(10-12)14(16,17)8-6-11-4-2-1-3-5-11/h1-10H/b8-6+. The van der Waals surface area contributed by atoms with Crippen molar-refractivity contribution in [2.24, 2.45) is 0 Å². The van der Waals surface area contributed by atoms with E-state index in [1.54, 1.807) is 24.3 Å². The molecule has 0 atom stereocenters. The first-order chi connectivity index (χ1) is 8.58. The molecule has 0 aliphatic rings. The minimum absolute atomic E-state index is 0.243. The first kappa shape index (κ1) is 12.7. The Morgan fingerprint density at radius 3 is 2.50 bits per heavy atom. The van der Waals surface area contributed by atoms with Crippen molar-refractivity contribution in [2.75, 3.05) is 0 Å². The monoisotopic (exact) mass is 265 g/mol. The Morgan fingerprint density at radius 1 is 1.11 bits per heavy atom. The molecule has 1 nitrogen and oxygen atoms in total. The molecule has 18 heavy (non-hydrogen) atoms. The van der Waals surface area contributed by atoms with E-state index < -0.39 is 5.92 Å². The Hall–Kier alpha value is -1.74. The number of alkyl halides is 2. The van der Waals surface area contributed by atoms with E-state index in [0.717, 1.165) is 12.1 Å². The van der Waals surface area contributed by atoms with Gasteiger partial charge in [-0.1, -0.05) is 48.0 Å². The zero-order valence-electron chi connectivity index (χ0n) is 9.35. The third kappa shape index (κ3) is 3.14. The number of benzene rings is 1. The van der Waals surface area contributed by atoms with Crippen LogP contribution >= 0.6 is 11.6 Å². The minimum atomic E-state index is -3.14. The lowest BCUT2D eigenvalue weighted by Gasteiger charge is -2.10. The number of allylic oxidation sites excluding steroid dienone is 1. The van der Waals surface area contributed by atoms with Gasteiger partial charge in [-0.3, -0.25) is 4.98 Å². The fourth-order valence-corrected chi connectivity index (χ4v) is 1.60. The Morgan fingerprint density at radius 2 is 1.83 bits per heavy atom. The number of hydrogen-bond acceptors (Lipinski definition) is 1. The van der Waals surface area contributed by atoms with Crippen molar-refractivity contribution in [1.29, 1.82) is 0 Å². The molecule has 1 heterocycles. The van der Waals surface area contributed by atoms with Crippen molar-refractivity contribution in [2.45, 2.75) is 5.92 Å². The van der Waals surface area contributed by atoms with Gasteiger partial charge in [0.05, 0.1) is 0 Å². The summed E-state index contributed by atoms with van der Waals surface area (Å²) in [4.78, 5) is 3.64. The number of aromatic nitrogens is 1. The summed E-state index contributed by atoms with van der Waals surface area (Å²) < 4.78 is 27.6. The van der Waals surface area contributed by atoms with Gasteiger partial charge in [0.25, 0.3) is 0 Å². The molecule has 0 fully saturated rings. The molecule has 1 aromatic carbocycles. The van der Waals surface area contributed by atoms with Gasteiger partial charge in [-0.25, -0.2) is 0 Å². The van der Waals surface area contributed by atoms with Crippen LogP contribution in [0, 0.1) is 0 Å². The molecule has 0 saturated heterocycles. The molecule has 0 spiro atoms. The van der Waals surface area contributed by atoms with Crippen molar-refractivity contribution in [1.82, 2.24) is 4.98 Å². The van der Waals surface area contributed by atoms with Crippen LogP contribution in [0.5, 0.6) is 0 Å². The van der Waals surface area contributed by atoms with E-state index in [-0.39, 0.29) is 10.7 Å². The van der Waals surface area contributed by atoms with Gasteiger partial charge in [0.1, 0.15) is 5.69 Å². The van der Waals surface area contributed by atoms with E-state index in [9.17, 15) is 8.78 Å². The third-order valence-electron chi connectivity index (χ3n) is 2.35. The highest BCUT2D eigenvalue weighted by molar-refractivity contribution is 6.30. The summed E-state index contributed by atoms with van der Waals surface area (Å²) in [5.74, 6) is -3.14. The van der Waals surface area contributed by atoms with Gasteiger partial charge in [0.2, 0.25) is 0 Å². The van der Waals surface area contributed by atoms with Crippen molar-refractivity contribution >= 4 is 17.7 Å². The van der Waals surface area contributed by atoms with Crippen LogP contribution in [0.25, 0.3) is 6.08 Å². The van der Waals surface area contributed by atoms with Gasteiger partial charge in [-0.05, 0) is 23.8 Å². The lowest BCUT2D eigenvalue weighted by Crippen LogP contribution is -2.11. The molecule has 92 valence electrons. The zero-order chi connectivity index (χ0) is 13.0. The first-order valence-electron chi connectivity index (χ1n) is 5.32. The normalized spacial score (nSPS) is 11.9. The van der Waals surface area contributed by atoms with E-state index in [2.05, 4.69) is 4.98 Å². The Balaban J connectivity index is 2.24. The zero-order valence-corrected chi connectivity index (χ0v) is 10.1. The molecule has 0 aliphatic heterocycles. The fourth-order valence-electron chi connectivity index (χ4n) is 1.44. The van der Waals surface area contributed by atoms with Crippen LogP contribution in [0.4, 0.5) is 8.78 Å². The Kier molecular flexibility index (Phi) is 3.72. The van der Waals surface area contributed by atoms with Gasteiger partial charge >= 0.3 is 5.92 Å². The summed E-state index contributed by atoms with van der Waals surface area (Å²) in [6.07, 6.45) is 3.45. The van der Waals surface area contributed by atoms with Crippen LogP contribution in [0.15, 0.2) is 54.7 Å². The second kappa shape index (κ2) is 5.27. The topological polar surface area (TPSA) is 12.9 Å². The molecule has 4 heteroatoms. The summed E-state index contributed by atoms with van der Waals surface area (Å²) in [5, 5.41) is 0.243. The number of hydrogen-bond donors (Lipinski definition) is 0. The number of pyridine rings is 1. The predicted molar refractivity (Wildman–Crippen MR) is 68.6 cm³/mol. The molecular weight excluding hydrogens is 256 g/mol. The first-order valence-corrected chi connectivity index (χ1v) is 5.70. The van der Waals surface area contributed by atoms with Crippen LogP contribution < -0.4 is 0 Å². The van der Waals surface area contributed by atoms with Crippen LogP contribution in [-0.4, -0.2) is 4.98 Å². The van der Waals surface area contributed by atoms with E-state index >= 15 is 0 Å². The quantitative estimate of drug-likeness (QED) is 0.794. The maximum absolute atomic E-state index is 13.8. The number of nitrogens with zero attached hydrogens (tertiary/aromatic N) is 1. The van der Waals surface area contributed by atoms with Gasteiger partial charge in [0, 0.05) is 11.2 Å². The molecule has 0 unspecified atom stereocenters. The highest BCUT2D eigenvalue weighted by Gasteiger charge is 2.29. The Labute approximate surface area is 109 Å². The summed E-state index contributed by atoms with van der Waals surface area (Å²) in [6, 6.07) is 11.5. The maximum atomic E-state index is 13.8. The SMILES string of the molecule is FC(F)(/C=C/c1ccccc1)c1cc(Cl)ccn1.